The highest BCUT2D eigenvalue weighted by atomic mass is 19.1. The minimum absolute atomic E-state index is 0.0256. The number of ether oxygens (including phenoxy) is 1. The van der Waals surface area contributed by atoms with E-state index in [1.54, 1.807) is 7.11 Å². The molecule has 2 aromatic carbocycles. The molecule has 1 heterocycles. The monoisotopic (exact) mass is 286 g/mol. The Kier molecular flexibility index (Phi) is 3.48. The van der Waals surface area contributed by atoms with E-state index in [-0.39, 0.29) is 11.8 Å². The number of aromatic hydroxyl groups is 1. The molecule has 0 amide bonds. The molecular weight excluding hydrogens is 271 g/mol. The van der Waals surface area contributed by atoms with E-state index >= 15 is 0 Å². The van der Waals surface area contributed by atoms with Crippen LogP contribution in [0.2, 0.25) is 0 Å². The SMILES string of the molecule is COc1ccccc1[C@@H]1CC(c2cc(F)ccc2O)=NN1. The summed E-state index contributed by atoms with van der Waals surface area (Å²) in [6, 6.07) is 11.5. The summed E-state index contributed by atoms with van der Waals surface area (Å²) in [7, 11) is 1.62. The average molecular weight is 286 g/mol. The first-order chi connectivity index (χ1) is 10.2. The van der Waals surface area contributed by atoms with Gasteiger partial charge in [0.05, 0.1) is 18.9 Å². The number of benzene rings is 2. The maximum atomic E-state index is 13.3. The molecule has 1 aliphatic heterocycles. The molecule has 1 atom stereocenters. The molecule has 0 radical (unpaired) electrons. The summed E-state index contributed by atoms with van der Waals surface area (Å²) in [6.45, 7) is 0. The predicted octanol–water partition coefficient (Wildman–Crippen LogP) is 2.98. The smallest absolute Gasteiger partial charge is 0.124 e. The lowest BCUT2D eigenvalue weighted by Gasteiger charge is -2.14. The van der Waals surface area contributed by atoms with Gasteiger partial charge in [0.15, 0.2) is 0 Å². The van der Waals surface area contributed by atoms with Gasteiger partial charge in [0.2, 0.25) is 0 Å². The Balaban J connectivity index is 1.86. The van der Waals surface area contributed by atoms with Gasteiger partial charge in [0.1, 0.15) is 17.3 Å². The van der Waals surface area contributed by atoms with Crippen molar-refractivity contribution >= 4 is 5.71 Å². The largest absolute Gasteiger partial charge is 0.507 e. The van der Waals surface area contributed by atoms with Crippen LogP contribution < -0.4 is 10.2 Å². The number of phenols is 1. The zero-order valence-corrected chi connectivity index (χ0v) is 11.5. The van der Waals surface area contributed by atoms with Gasteiger partial charge in [-0.25, -0.2) is 4.39 Å². The molecular formula is C16H15FN2O2. The number of rotatable bonds is 3. The summed E-state index contributed by atoms with van der Waals surface area (Å²) in [4.78, 5) is 0. The number of para-hydroxylation sites is 1. The molecule has 0 spiro atoms. The lowest BCUT2D eigenvalue weighted by Crippen LogP contribution is -2.11. The third-order valence-corrected chi connectivity index (χ3v) is 3.54. The van der Waals surface area contributed by atoms with Crippen LogP contribution in [0.1, 0.15) is 23.6 Å². The van der Waals surface area contributed by atoms with Crippen molar-refractivity contribution in [3.8, 4) is 11.5 Å². The molecule has 0 aromatic heterocycles. The van der Waals surface area contributed by atoms with Gasteiger partial charge >= 0.3 is 0 Å². The molecule has 4 nitrogen and oxygen atoms in total. The third-order valence-electron chi connectivity index (χ3n) is 3.54. The molecule has 0 saturated heterocycles. The molecule has 2 aromatic rings. The van der Waals surface area contributed by atoms with Gasteiger partial charge in [-0.05, 0) is 24.3 Å². The number of hydrogen-bond donors (Lipinski definition) is 2. The molecule has 0 unspecified atom stereocenters. The Morgan fingerprint density at radius 1 is 1.29 bits per heavy atom. The van der Waals surface area contributed by atoms with Crippen LogP contribution in [0, 0.1) is 5.82 Å². The highest BCUT2D eigenvalue weighted by molar-refractivity contribution is 6.04. The number of methoxy groups -OCH3 is 1. The zero-order valence-electron chi connectivity index (χ0n) is 11.5. The molecule has 0 aliphatic carbocycles. The standard InChI is InChI=1S/C16H15FN2O2/c1-21-16-5-3-2-4-11(16)13-9-14(19-18-13)12-8-10(17)6-7-15(12)20/h2-8,13,18,20H,9H2,1H3/t13-/m0/s1. The summed E-state index contributed by atoms with van der Waals surface area (Å²) in [5, 5.41) is 14.1. The summed E-state index contributed by atoms with van der Waals surface area (Å²) in [5.74, 6) is 0.402. The van der Waals surface area contributed by atoms with Crippen molar-refractivity contribution in [1.29, 1.82) is 0 Å². The van der Waals surface area contributed by atoms with E-state index in [9.17, 15) is 9.50 Å². The second-order valence-corrected chi connectivity index (χ2v) is 4.85. The fraction of sp³-hybridized carbons (Fsp3) is 0.188. The number of nitrogens with zero attached hydrogens (tertiary/aromatic N) is 1. The molecule has 1 aliphatic rings. The van der Waals surface area contributed by atoms with E-state index in [1.165, 1.54) is 18.2 Å². The van der Waals surface area contributed by atoms with Crippen molar-refractivity contribution < 1.29 is 14.2 Å². The third kappa shape index (κ3) is 2.54. The lowest BCUT2D eigenvalue weighted by atomic mass is 9.98. The Hall–Kier alpha value is -2.56. The minimum Gasteiger partial charge on any atom is -0.507 e. The Bertz CT molecular complexity index is 700. The average Bonchev–Trinajstić information content (AvgIpc) is 2.99. The molecule has 108 valence electrons. The minimum atomic E-state index is -0.397. The maximum Gasteiger partial charge on any atom is 0.124 e. The van der Waals surface area contributed by atoms with E-state index in [0.29, 0.717) is 17.7 Å². The van der Waals surface area contributed by atoms with E-state index in [4.69, 9.17) is 4.74 Å². The Morgan fingerprint density at radius 3 is 2.90 bits per heavy atom. The van der Waals surface area contributed by atoms with Gasteiger partial charge in [-0.15, -0.1) is 0 Å². The van der Waals surface area contributed by atoms with E-state index in [0.717, 1.165) is 11.3 Å². The molecule has 0 saturated carbocycles. The molecule has 21 heavy (non-hydrogen) atoms. The first-order valence-electron chi connectivity index (χ1n) is 6.63. The van der Waals surface area contributed by atoms with E-state index in [2.05, 4.69) is 10.5 Å². The van der Waals surface area contributed by atoms with Crippen molar-refractivity contribution in [3.05, 3.63) is 59.4 Å². The van der Waals surface area contributed by atoms with E-state index in [1.807, 2.05) is 24.3 Å². The van der Waals surface area contributed by atoms with Gasteiger partial charge in [-0.3, -0.25) is 0 Å². The Morgan fingerprint density at radius 2 is 2.10 bits per heavy atom. The summed E-state index contributed by atoms with van der Waals surface area (Å²) < 4.78 is 18.7. The van der Waals surface area contributed by atoms with Crippen LogP contribution >= 0.6 is 0 Å². The van der Waals surface area contributed by atoms with Crippen LogP contribution in [-0.4, -0.2) is 17.9 Å². The van der Waals surface area contributed by atoms with Crippen molar-refractivity contribution in [2.75, 3.05) is 7.11 Å². The second-order valence-electron chi connectivity index (χ2n) is 4.85. The topological polar surface area (TPSA) is 53.9 Å². The fourth-order valence-corrected chi connectivity index (χ4v) is 2.48. The van der Waals surface area contributed by atoms with Gasteiger partial charge in [-0.1, -0.05) is 18.2 Å². The van der Waals surface area contributed by atoms with Crippen LogP contribution in [0.3, 0.4) is 0 Å². The quantitative estimate of drug-likeness (QED) is 0.912. The summed E-state index contributed by atoms with van der Waals surface area (Å²) in [6.07, 6.45) is 0.553. The van der Waals surface area contributed by atoms with Crippen LogP contribution in [0.15, 0.2) is 47.6 Å². The number of hydrazone groups is 1. The first kappa shape index (κ1) is 13.4. The van der Waals surface area contributed by atoms with Gasteiger partial charge in [-0.2, -0.15) is 5.10 Å². The zero-order chi connectivity index (χ0) is 14.8. The van der Waals surface area contributed by atoms with Crippen molar-refractivity contribution in [2.24, 2.45) is 5.10 Å². The predicted molar refractivity (Wildman–Crippen MR) is 78.1 cm³/mol. The highest BCUT2D eigenvalue weighted by Crippen LogP contribution is 2.32. The second kappa shape index (κ2) is 5.44. The van der Waals surface area contributed by atoms with Crippen molar-refractivity contribution in [3.63, 3.8) is 0 Å². The number of halogens is 1. The molecule has 0 fully saturated rings. The molecule has 5 heteroatoms. The molecule has 2 N–H and O–H groups in total. The number of hydrogen-bond acceptors (Lipinski definition) is 4. The fourth-order valence-electron chi connectivity index (χ4n) is 2.48. The van der Waals surface area contributed by atoms with Crippen LogP contribution in [0.25, 0.3) is 0 Å². The molecule has 3 rings (SSSR count). The summed E-state index contributed by atoms with van der Waals surface area (Å²) >= 11 is 0. The van der Waals surface area contributed by atoms with Gasteiger partial charge in [0, 0.05) is 17.5 Å². The first-order valence-corrected chi connectivity index (χ1v) is 6.63. The van der Waals surface area contributed by atoms with Crippen LogP contribution in [0.4, 0.5) is 4.39 Å². The van der Waals surface area contributed by atoms with Gasteiger partial charge in [0.25, 0.3) is 0 Å². The normalized spacial score (nSPS) is 17.2. The van der Waals surface area contributed by atoms with Crippen molar-refractivity contribution in [2.45, 2.75) is 12.5 Å². The summed E-state index contributed by atoms with van der Waals surface area (Å²) in [5.41, 5.74) is 5.04. The Labute approximate surface area is 121 Å². The number of nitrogens with one attached hydrogen (secondary N) is 1. The van der Waals surface area contributed by atoms with E-state index < -0.39 is 5.82 Å². The highest BCUT2D eigenvalue weighted by Gasteiger charge is 2.25. The van der Waals surface area contributed by atoms with Crippen LogP contribution in [-0.2, 0) is 0 Å². The van der Waals surface area contributed by atoms with Crippen molar-refractivity contribution in [1.82, 2.24) is 5.43 Å². The maximum absolute atomic E-state index is 13.3. The van der Waals surface area contributed by atoms with Crippen LogP contribution in [0.5, 0.6) is 11.5 Å². The molecule has 0 bridgehead atoms. The number of phenolic OH excluding ortho intramolecular Hbond substituents is 1. The van der Waals surface area contributed by atoms with Gasteiger partial charge < -0.3 is 15.3 Å². The lowest BCUT2D eigenvalue weighted by molar-refractivity contribution is 0.402.